The van der Waals surface area contributed by atoms with Crippen molar-refractivity contribution in [2.45, 2.75) is 72.1 Å². The van der Waals surface area contributed by atoms with Crippen LogP contribution in [0.2, 0.25) is 0 Å². The smallest absolute Gasteiger partial charge is 0.108 e. The predicted octanol–water partition coefficient (Wildman–Crippen LogP) is 6.60. The first-order valence-corrected chi connectivity index (χ1v) is 9.59. The van der Waals surface area contributed by atoms with E-state index in [1.807, 2.05) is 26.0 Å². The zero-order valence-electron chi connectivity index (χ0n) is 15.1. The first-order valence-electron chi connectivity index (χ1n) is 9.59. The standard InChI is InChI=1S/C19H25NO.C2H6/c1-12-3-8-18-17-6-4-13-11-14(20-21)5-7-15(13)16(17)9-10-19(12,18)2;1-2/h5,7,11-12,16-18H,3-4,6,8-10H2,1-2H3;1-2H3. The molecule has 0 aliphatic heterocycles. The molecule has 5 unspecified atom stereocenters. The van der Waals surface area contributed by atoms with Gasteiger partial charge in [-0.1, -0.05) is 33.8 Å². The first-order chi connectivity index (χ1) is 11.1. The van der Waals surface area contributed by atoms with E-state index in [4.69, 9.17) is 0 Å². The van der Waals surface area contributed by atoms with E-state index in [2.05, 4.69) is 25.1 Å². The summed E-state index contributed by atoms with van der Waals surface area (Å²) in [6.45, 7) is 9.03. The normalized spacial score (nSPS) is 37.7. The van der Waals surface area contributed by atoms with Crippen LogP contribution < -0.4 is 0 Å². The lowest BCUT2D eigenvalue weighted by molar-refractivity contribution is 0.0337. The van der Waals surface area contributed by atoms with E-state index >= 15 is 0 Å². The summed E-state index contributed by atoms with van der Waals surface area (Å²) in [5.41, 5.74) is 4.11. The molecule has 0 heterocycles. The Labute approximate surface area is 141 Å². The molecule has 0 aromatic heterocycles. The summed E-state index contributed by atoms with van der Waals surface area (Å²) in [5.74, 6) is 3.42. The molecule has 1 aromatic rings. The van der Waals surface area contributed by atoms with Crippen LogP contribution in [0.4, 0.5) is 5.69 Å². The van der Waals surface area contributed by atoms with Crippen molar-refractivity contribution in [3.05, 3.63) is 34.2 Å². The number of hydrogen-bond acceptors (Lipinski definition) is 2. The second-order valence-corrected chi connectivity index (χ2v) is 7.91. The first kappa shape index (κ1) is 16.7. The Morgan fingerprint density at radius 3 is 2.65 bits per heavy atom. The fraction of sp³-hybridized carbons (Fsp3) is 0.714. The topological polar surface area (TPSA) is 29.4 Å². The Bertz CT molecular complexity index is 581. The molecule has 4 rings (SSSR count). The third kappa shape index (κ3) is 2.55. The summed E-state index contributed by atoms with van der Waals surface area (Å²) in [6.07, 6.45) is 8.02. The highest BCUT2D eigenvalue weighted by atomic mass is 16.3. The molecule has 126 valence electrons. The van der Waals surface area contributed by atoms with Gasteiger partial charge in [0.1, 0.15) is 5.69 Å². The quantitative estimate of drug-likeness (QED) is 0.537. The molecule has 3 aliphatic carbocycles. The highest BCUT2D eigenvalue weighted by Crippen LogP contribution is 2.62. The lowest BCUT2D eigenvalue weighted by Gasteiger charge is -2.50. The molecule has 2 saturated carbocycles. The van der Waals surface area contributed by atoms with Crippen LogP contribution in [0.15, 0.2) is 23.4 Å². The van der Waals surface area contributed by atoms with E-state index in [-0.39, 0.29) is 0 Å². The van der Waals surface area contributed by atoms with Crippen LogP contribution in [-0.2, 0) is 6.42 Å². The van der Waals surface area contributed by atoms with Gasteiger partial charge < -0.3 is 0 Å². The van der Waals surface area contributed by atoms with Crippen molar-refractivity contribution >= 4 is 5.69 Å². The zero-order valence-corrected chi connectivity index (χ0v) is 15.1. The fourth-order valence-electron chi connectivity index (χ4n) is 5.89. The van der Waals surface area contributed by atoms with E-state index < -0.39 is 0 Å². The van der Waals surface area contributed by atoms with Crippen LogP contribution in [-0.4, -0.2) is 0 Å². The Hall–Kier alpha value is -1.18. The number of nitrogens with zero attached hydrogens (tertiary/aromatic N) is 1. The van der Waals surface area contributed by atoms with Crippen molar-refractivity contribution in [2.75, 3.05) is 0 Å². The number of rotatable bonds is 1. The molecule has 23 heavy (non-hydrogen) atoms. The molecule has 0 radical (unpaired) electrons. The summed E-state index contributed by atoms with van der Waals surface area (Å²) in [7, 11) is 0. The van der Waals surface area contributed by atoms with Crippen molar-refractivity contribution in [1.82, 2.24) is 0 Å². The minimum absolute atomic E-state index is 0.586. The number of fused-ring (bicyclic) bond motifs is 5. The Kier molecular flexibility index (Phi) is 4.62. The van der Waals surface area contributed by atoms with Gasteiger partial charge in [0, 0.05) is 0 Å². The zero-order chi connectivity index (χ0) is 16.6. The number of hydrogen-bond donors (Lipinski definition) is 0. The van der Waals surface area contributed by atoms with Gasteiger partial charge in [-0.25, -0.2) is 0 Å². The van der Waals surface area contributed by atoms with Crippen LogP contribution >= 0.6 is 0 Å². The van der Waals surface area contributed by atoms with Gasteiger partial charge in [0.25, 0.3) is 0 Å². The van der Waals surface area contributed by atoms with Gasteiger partial charge in [0.05, 0.1) is 0 Å². The van der Waals surface area contributed by atoms with Crippen molar-refractivity contribution in [2.24, 2.45) is 28.3 Å². The van der Waals surface area contributed by atoms with Crippen LogP contribution in [0.5, 0.6) is 0 Å². The van der Waals surface area contributed by atoms with Gasteiger partial charge in [0.15, 0.2) is 0 Å². The molecule has 3 aliphatic rings. The maximum Gasteiger partial charge on any atom is 0.108 e. The SMILES string of the molecule is CC.CC1CCC2C3CCc4cc(N=O)ccc4C3CCC12C. The molecule has 2 heteroatoms. The molecule has 0 spiro atoms. The average molecular weight is 313 g/mol. The maximum atomic E-state index is 10.8. The third-order valence-corrected chi connectivity index (χ3v) is 7.29. The molecule has 0 N–H and O–H groups in total. The highest BCUT2D eigenvalue weighted by molar-refractivity contribution is 5.47. The van der Waals surface area contributed by atoms with Crippen molar-refractivity contribution in [3.8, 4) is 0 Å². The summed E-state index contributed by atoms with van der Waals surface area (Å²) in [4.78, 5) is 10.8. The molecular formula is C21H31NO. The van der Waals surface area contributed by atoms with E-state index in [9.17, 15) is 4.91 Å². The monoisotopic (exact) mass is 313 g/mol. The molecular weight excluding hydrogens is 282 g/mol. The number of benzene rings is 1. The average Bonchev–Trinajstić information content (AvgIpc) is 2.91. The minimum atomic E-state index is 0.586. The van der Waals surface area contributed by atoms with Crippen molar-refractivity contribution < 1.29 is 0 Å². The van der Waals surface area contributed by atoms with E-state index in [0.29, 0.717) is 11.1 Å². The summed E-state index contributed by atoms with van der Waals surface area (Å²) in [6, 6.07) is 6.15. The third-order valence-electron chi connectivity index (χ3n) is 7.29. The molecule has 1 aromatic carbocycles. The molecule has 0 bridgehead atoms. The molecule has 0 saturated heterocycles. The van der Waals surface area contributed by atoms with Crippen LogP contribution in [0.25, 0.3) is 0 Å². The predicted molar refractivity (Wildman–Crippen MR) is 97.0 cm³/mol. The molecule has 5 atom stereocenters. The Morgan fingerprint density at radius 1 is 1.13 bits per heavy atom. The van der Waals surface area contributed by atoms with E-state index in [1.54, 1.807) is 0 Å². The highest BCUT2D eigenvalue weighted by Gasteiger charge is 2.53. The lowest BCUT2D eigenvalue weighted by atomic mass is 9.54. The van der Waals surface area contributed by atoms with Crippen LogP contribution in [0.3, 0.4) is 0 Å². The number of aryl methyl sites for hydroxylation is 1. The summed E-state index contributed by atoms with van der Waals surface area (Å²) < 4.78 is 0. The minimum Gasteiger partial charge on any atom is -0.145 e. The van der Waals surface area contributed by atoms with E-state index in [1.165, 1.54) is 43.2 Å². The van der Waals surface area contributed by atoms with Crippen LogP contribution in [0.1, 0.15) is 76.8 Å². The fourth-order valence-corrected chi connectivity index (χ4v) is 5.89. The van der Waals surface area contributed by atoms with Crippen molar-refractivity contribution in [1.29, 1.82) is 0 Å². The summed E-state index contributed by atoms with van der Waals surface area (Å²) in [5, 5.41) is 3.11. The molecule has 0 amide bonds. The van der Waals surface area contributed by atoms with Gasteiger partial charge >= 0.3 is 0 Å². The lowest BCUT2D eigenvalue weighted by Crippen LogP contribution is -2.41. The number of nitroso groups, excluding NO2 is 1. The largest absolute Gasteiger partial charge is 0.145 e. The second-order valence-electron chi connectivity index (χ2n) is 7.91. The van der Waals surface area contributed by atoms with Gasteiger partial charge in [0.2, 0.25) is 0 Å². The van der Waals surface area contributed by atoms with Crippen molar-refractivity contribution in [3.63, 3.8) is 0 Å². The van der Waals surface area contributed by atoms with Gasteiger partial charge in [-0.05, 0) is 96.0 Å². The van der Waals surface area contributed by atoms with Gasteiger partial charge in [-0.2, -0.15) is 0 Å². The van der Waals surface area contributed by atoms with Gasteiger partial charge in [-0.3, -0.25) is 0 Å². The molecule has 2 fully saturated rings. The maximum absolute atomic E-state index is 10.8. The molecule has 2 nitrogen and oxygen atoms in total. The Balaban J connectivity index is 0.000000753. The van der Waals surface area contributed by atoms with Gasteiger partial charge in [-0.15, -0.1) is 4.91 Å². The van der Waals surface area contributed by atoms with E-state index in [0.717, 1.165) is 30.1 Å². The summed E-state index contributed by atoms with van der Waals surface area (Å²) >= 11 is 0. The second kappa shape index (κ2) is 6.37. The van der Waals surface area contributed by atoms with Crippen LogP contribution in [0, 0.1) is 28.1 Å². The Morgan fingerprint density at radius 2 is 1.91 bits per heavy atom.